The summed E-state index contributed by atoms with van der Waals surface area (Å²) in [5, 5.41) is 7.43. The Morgan fingerprint density at radius 3 is 2.89 bits per heavy atom. The zero-order valence-corrected chi connectivity index (χ0v) is 11.4. The van der Waals surface area contributed by atoms with Crippen LogP contribution in [0.15, 0.2) is 4.52 Å². The van der Waals surface area contributed by atoms with Crippen molar-refractivity contribution in [1.82, 2.24) is 20.4 Å². The van der Waals surface area contributed by atoms with Crippen molar-refractivity contribution in [2.45, 2.75) is 26.8 Å². The van der Waals surface area contributed by atoms with Crippen LogP contribution in [0.3, 0.4) is 0 Å². The van der Waals surface area contributed by atoms with Crippen LogP contribution in [0.5, 0.6) is 0 Å². The molecular weight excluding hydrogens is 230 g/mol. The maximum Gasteiger partial charge on any atom is 0.266 e. The van der Waals surface area contributed by atoms with Gasteiger partial charge in [-0.2, -0.15) is 4.98 Å². The molecule has 0 bridgehead atoms. The van der Waals surface area contributed by atoms with E-state index in [0.717, 1.165) is 51.7 Å². The van der Waals surface area contributed by atoms with E-state index in [4.69, 9.17) is 4.52 Å². The Balaban J connectivity index is 1.92. The van der Waals surface area contributed by atoms with Crippen LogP contribution in [0.2, 0.25) is 0 Å². The van der Waals surface area contributed by atoms with Crippen LogP contribution in [0.4, 0.5) is 5.95 Å². The highest BCUT2D eigenvalue weighted by molar-refractivity contribution is 5.26. The maximum atomic E-state index is 5.33. The van der Waals surface area contributed by atoms with E-state index in [2.05, 4.69) is 39.1 Å². The van der Waals surface area contributed by atoms with E-state index in [1.165, 1.54) is 6.42 Å². The second kappa shape index (κ2) is 6.70. The summed E-state index contributed by atoms with van der Waals surface area (Å²) in [7, 11) is 0. The van der Waals surface area contributed by atoms with Crippen LogP contribution < -0.4 is 10.2 Å². The molecule has 0 amide bonds. The van der Waals surface area contributed by atoms with Gasteiger partial charge in [-0.25, -0.2) is 0 Å². The van der Waals surface area contributed by atoms with Gasteiger partial charge in [0.25, 0.3) is 5.95 Å². The van der Waals surface area contributed by atoms with Crippen molar-refractivity contribution in [2.24, 2.45) is 0 Å². The molecule has 1 aliphatic heterocycles. The summed E-state index contributed by atoms with van der Waals surface area (Å²) in [5.74, 6) is 1.43. The van der Waals surface area contributed by atoms with Crippen LogP contribution in [-0.2, 0) is 6.54 Å². The van der Waals surface area contributed by atoms with Gasteiger partial charge in [-0.1, -0.05) is 0 Å². The molecule has 0 atom stereocenters. The van der Waals surface area contributed by atoms with Crippen molar-refractivity contribution < 1.29 is 4.52 Å². The SMILES string of the molecule is CCN(CC)c1noc(CN2CCCNCC2)n1. The molecule has 0 radical (unpaired) electrons. The average Bonchev–Trinajstić information content (AvgIpc) is 2.68. The fraction of sp³-hybridized carbons (Fsp3) is 0.833. The first-order valence-electron chi connectivity index (χ1n) is 6.84. The van der Waals surface area contributed by atoms with Gasteiger partial charge >= 0.3 is 0 Å². The predicted octanol–water partition coefficient (Wildman–Crippen LogP) is 0.711. The van der Waals surface area contributed by atoms with Crippen LogP contribution >= 0.6 is 0 Å². The molecule has 0 spiro atoms. The van der Waals surface area contributed by atoms with Crippen LogP contribution in [-0.4, -0.2) is 54.3 Å². The normalized spacial score (nSPS) is 17.7. The molecule has 1 fully saturated rings. The molecule has 1 aliphatic rings. The van der Waals surface area contributed by atoms with Gasteiger partial charge in [0.1, 0.15) is 0 Å². The van der Waals surface area contributed by atoms with Gasteiger partial charge in [-0.15, -0.1) is 0 Å². The van der Waals surface area contributed by atoms with E-state index < -0.39 is 0 Å². The summed E-state index contributed by atoms with van der Waals surface area (Å²) in [6.07, 6.45) is 1.18. The minimum absolute atomic E-state index is 0.711. The highest BCUT2D eigenvalue weighted by Gasteiger charge is 2.15. The first-order chi connectivity index (χ1) is 8.83. The molecule has 0 unspecified atom stereocenters. The summed E-state index contributed by atoms with van der Waals surface area (Å²) in [6, 6.07) is 0. The molecule has 102 valence electrons. The monoisotopic (exact) mass is 253 g/mol. The van der Waals surface area contributed by atoms with Gasteiger partial charge in [-0.05, 0) is 38.5 Å². The Morgan fingerprint density at radius 2 is 2.11 bits per heavy atom. The molecule has 1 saturated heterocycles. The van der Waals surface area contributed by atoms with Gasteiger partial charge in [0.05, 0.1) is 6.54 Å². The van der Waals surface area contributed by atoms with Crippen molar-refractivity contribution in [2.75, 3.05) is 44.2 Å². The fourth-order valence-corrected chi connectivity index (χ4v) is 2.20. The Hall–Kier alpha value is -1.14. The van der Waals surface area contributed by atoms with E-state index in [0.29, 0.717) is 5.95 Å². The summed E-state index contributed by atoms with van der Waals surface area (Å²) < 4.78 is 5.33. The minimum atomic E-state index is 0.711. The topological polar surface area (TPSA) is 57.4 Å². The van der Waals surface area contributed by atoms with Crippen LogP contribution in [0.1, 0.15) is 26.2 Å². The number of anilines is 1. The summed E-state index contributed by atoms with van der Waals surface area (Å²) in [6.45, 7) is 11.0. The predicted molar refractivity (Wildman–Crippen MR) is 70.6 cm³/mol. The molecule has 0 aliphatic carbocycles. The molecule has 18 heavy (non-hydrogen) atoms. The molecule has 0 saturated carbocycles. The van der Waals surface area contributed by atoms with Crippen molar-refractivity contribution in [3.8, 4) is 0 Å². The lowest BCUT2D eigenvalue weighted by atomic mass is 10.4. The van der Waals surface area contributed by atoms with Gasteiger partial charge in [0.15, 0.2) is 0 Å². The molecule has 2 heterocycles. The van der Waals surface area contributed by atoms with Gasteiger partial charge in [0.2, 0.25) is 5.89 Å². The lowest BCUT2D eigenvalue weighted by molar-refractivity contribution is 0.239. The van der Waals surface area contributed by atoms with Gasteiger partial charge in [-0.3, -0.25) is 4.90 Å². The number of hydrogen-bond donors (Lipinski definition) is 1. The summed E-state index contributed by atoms with van der Waals surface area (Å²) >= 11 is 0. The largest absolute Gasteiger partial charge is 0.339 e. The third-order valence-corrected chi connectivity index (χ3v) is 3.30. The van der Waals surface area contributed by atoms with E-state index >= 15 is 0 Å². The van der Waals surface area contributed by atoms with Crippen molar-refractivity contribution in [3.05, 3.63) is 5.89 Å². The number of aromatic nitrogens is 2. The minimum Gasteiger partial charge on any atom is -0.339 e. The molecule has 1 aromatic rings. The Morgan fingerprint density at radius 1 is 1.28 bits per heavy atom. The molecule has 2 rings (SSSR count). The number of hydrogen-bond acceptors (Lipinski definition) is 6. The fourth-order valence-electron chi connectivity index (χ4n) is 2.20. The van der Waals surface area contributed by atoms with Crippen molar-refractivity contribution in [1.29, 1.82) is 0 Å². The summed E-state index contributed by atoms with van der Waals surface area (Å²) in [4.78, 5) is 8.92. The van der Waals surface area contributed by atoms with Gasteiger partial charge in [0, 0.05) is 26.2 Å². The standard InChI is InChI=1S/C12H23N5O/c1-3-17(4-2)12-14-11(18-15-12)10-16-8-5-6-13-7-9-16/h13H,3-10H2,1-2H3. The first-order valence-corrected chi connectivity index (χ1v) is 6.84. The molecule has 6 heteroatoms. The second-order valence-electron chi connectivity index (χ2n) is 4.54. The Kier molecular flexibility index (Phi) is 4.95. The lowest BCUT2D eigenvalue weighted by Gasteiger charge is -2.16. The second-order valence-corrected chi connectivity index (χ2v) is 4.54. The van der Waals surface area contributed by atoms with Crippen LogP contribution in [0.25, 0.3) is 0 Å². The van der Waals surface area contributed by atoms with E-state index in [-0.39, 0.29) is 0 Å². The first kappa shape index (κ1) is 13.3. The number of nitrogens with zero attached hydrogens (tertiary/aromatic N) is 4. The van der Waals surface area contributed by atoms with Crippen LogP contribution in [0, 0.1) is 0 Å². The Bertz CT molecular complexity index is 342. The molecule has 1 N–H and O–H groups in total. The number of rotatable bonds is 5. The third-order valence-electron chi connectivity index (χ3n) is 3.30. The van der Waals surface area contributed by atoms with Gasteiger partial charge < -0.3 is 14.7 Å². The van der Waals surface area contributed by atoms with E-state index in [9.17, 15) is 0 Å². The van der Waals surface area contributed by atoms with Crippen molar-refractivity contribution >= 4 is 5.95 Å². The lowest BCUT2D eigenvalue weighted by Crippen LogP contribution is -2.28. The average molecular weight is 253 g/mol. The molecule has 1 aromatic heterocycles. The smallest absolute Gasteiger partial charge is 0.266 e. The zero-order chi connectivity index (χ0) is 12.8. The highest BCUT2D eigenvalue weighted by atomic mass is 16.5. The maximum absolute atomic E-state index is 5.33. The third kappa shape index (κ3) is 3.43. The quantitative estimate of drug-likeness (QED) is 0.834. The zero-order valence-electron chi connectivity index (χ0n) is 11.4. The van der Waals surface area contributed by atoms with Crippen molar-refractivity contribution in [3.63, 3.8) is 0 Å². The molecule has 6 nitrogen and oxygen atoms in total. The molecular formula is C12H23N5O. The molecule has 0 aromatic carbocycles. The Labute approximate surface area is 108 Å². The summed E-state index contributed by atoms with van der Waals surface area (Å²) in [5.41, 5.74) is 0. The van der Waals surface area contributed by atoms with E-state index in [1.54, 1.807) is 0 Å². The highest BCUT2D eigenvalue weighted by Crippen LogP contribution is 2.11. The number of nitrogens with one attached hydrogen (secondary N) is 1. The van der Waals surface area contributed by atoms with E-state index in [1.807, 2.05) is 0 Å².